The number of ether oxygens (including phenoxy) is 3. The van der Waals surface area contributed by atoms with Gasteiger partial charge in [-0.05, 0) is 50.3 Å². The lowest BCUT2D eigenvalue weighted by Gasteiger charge is -2.23. The lowest BCUT2D eigenvalue weighted by molar-refractivity contribution is 0.0933. The van der Waals surface area contributed by atoms with Crippen LogP contribution in [0.5, 0.6) is 17.4 Å². The Morgan fingerprint density at radius 2 is 1.89 bits per heavy atom. The van der Waals surface area contributed by atoms with E-state index in [0.717, 1.165) is 33.9 Å². The number of nitrogens with zero attached hydrogens (tertiary/aromatic N) is 2. The molecular formula is C27H29N3O5S. The molecule has 1 aromatic heterocycles. The molecule has 1 aliphatic heterocycles. The van der Waals surface area contributed by atoms with Crippen molar-refractivity contribution in [3.8, 4) is 27.8 Å². The normalized spacial score (nSPS) is 14.3. The van der Waals surface area contributed by atoms with Gasteiger partial charge in [0.15, 0.2) is 11.5 Å². The molecule has 0 saturated heterocycles. The molecule has 0 spiro atoms. The maximum Gasteiger partial charge on any atom is 0.416 e. The Kier molecular flexibility index (Phi) is 7.09. The molecule has 0 unspecified atom stereocenters. The molecule has 5 rings (SSSR count). The minimum Gasteiger partial charge on any atom is -0.486 e. The van der Waals surface area contributed by atoms with Crippen molar-refractivity contribution in [2.45, 2.75) is 26.7 Å². The van der Waals surface area contributed by atoms with E-state index in [1.54, 1.807) is 23.1 Å². The Hall–Kier alpha value is -3.59. The summed E-state index contributed by atoms with van der Waals surface area (Å²) in [6, 6.07) is 13.3. The number of fused-ring (bicyclic) bond motifs is 1. The third kappa shape index (κ3) is 5.62. The van der Waals surface area contributed by atoms with Crippen LogP contribution in [-0.2, 0) is 0 Å². The summed E-state index contributed by atoms with van der Waals surface area (Å²) in [7, 11) is 0. The zero-order chi connectivity index (χ0) is 25.1. The van der Waals surface area contributed by atoms with Crippen molar-refractivity contribution in [2.75, 3.05) is 32.8 Å². The molecule has 36 heavy (non-hydrogen) atoms. The lowest BCUT2D eigenvalue weighted by atomic mass is 10.1. The van der Waals surface area contributed by atoms with Gasteiger partial charge in [-0.2, -0.15) is 0 Å². The van der Waals surface area contributed by atoms with Crippen LogP contribution in [0.4, 0.5) is 4.79 Å². The van der Waals surface area contributed by atoms with E-state index in [0.29, 0.717) is 55.2 Å². The maximum absolute atomic E-state index is 13.2. The van der Waals surface area contributed by atoms with Gasteiger partial charge < -0.3 is 24.4 Å². The smallest absolute Gasteiger partial charge is 0.416 e. The monoisotopic (exact) mass is 507 g/mol. The summed E-state index contributed by atoms with van der Waals surface area (Å²) < 4.78 is 17.0. The molecular weight excluding hydrogens is 478 g/mol. The first-order valence-electron chi connectivity index (χ1n) is 12.2. The van der Waals surface area contributed by atoms with Gasteiger partial charge in [0.05, 0.1) is 15.4 Å². The van der Waals surface area contributed by atoms with E-state index in [-0.39, 0.29) is 12.5 Å². The molecule has 3 aromatic rings. The summed E-state index contributed by atoms with van der Waals surface area (Å²) >= 11 is 1.50. The fourth-order valence-electron chi connectivity index (χ4n) is 4.03. The van der Waals surface area contributed by atoms with Gasteiger partial charge in [0, 0.05) is 19.6 Å². The number of nitrogens with one attached hydrogen (secondary N) is 1. The molecule has 1 N–H and O–H groups in total. The van der Waals surface area contributed by atoms with Crippen LogP contribution in [0.2, 0.25) is 0 Å². The van der Waals surface area contributed by atoms with Crippen LogP contribution in [-0.4, -0.2) is 54.7 Å². The predicted molar refractivity (Wildman–Crippen MR) is 137 cm³/mol. The molecule has 2 amide bonds. The van der Waals surface area contributed by atoms with Gasteiger partial charge in [-0.1, -0.05) is 35.9 Å². The van der Waals surface area contributed by atoms with Gasteiger partial charge in [-0.25, -0.2) is 9.78 Å². The number of rotatable bonds is 8. The molecule has 0 bridgehead atoms. The van der Waals surface area contributed by atoms with E-state index in [4.69, 9.17) is 14.2 Å². The Morgan fingerprint density at radius 1 is 1.11 bits per heavy atom. The Morgan fingerprint density at radius 3 is 2.67 bits per heavy atom. The van der Waals surface area contributed by atoms with Gasteiger partial charge in [-0.15, -0.1) is 11.3 Å². The first kappa shape index (κ1) is 24.1. The van der Waals surface area contributed by atoms with Gasteiger partial charge in [0.2, 0.25) is 5.88 Å². The number of aromatic nitrogens is 1. The molecule has 8 nitrogen and oxygen atoms in total. The zero-order valence-electron chi connectivity index (χ0n) is 20.4. The van der Waals surface area contributed by atoms with Crippen LogP contribution < -0.4 is 19.5 Å². The van der Waals surface area contributed by atoms with E-state index in [1.165, 1.54) is 11.3 Å². The summed E-state index contributed by atoms with van der Waals surface area (Å²) in [6.07, 6.45) is 1.73. The van der Waals surface area contributed by atoms with Crippen LogP contribution in [0, 0.1) is 19.8 Å². The van der Waals surface area contributed by atoms with Crippen molar-refractivity contribution in [1.82, 2.24) is 15.2 Å². The minimum absolute atomic E-state index is 0.270. The molecule has 1 fully saturated rings. The third-order valence-corrected chi connectivity index (χ3v) is 7.11. The van der Waals surface area contributed by atoms with E-state index >= 15 is 0 Å². The Balaban J connectivity index is 1.24. The quantitative estimate of drug-likeness (QED) is 0.469. The van der Waals surface area contributed by atoms with E-state index < -0.39 is 6.09 Å². The van der Waals surface area contributed by atoms with E-state index in [1.807, 2.05) is 38.1 Å². The second-order valence-corrected chi connectivity index (χ2v) is 10.3. The van der Waals surface area contributed by atoms with Crippen LogP contribution >= 0.6 is 11.3 Å². The highest BCUT2D eigenvalue weighted by molar-refractivity contribution is 7.15. The number of carbonyl (C=O) groups excluding carboxylic acids is 2. The number of hydrogen-bond donors (Lipinski definition) is 1. The third-order valence-electron chi connectivity index (χ3n) is 6.11. The maximum atomic E-state index is 13.2. The van der Waals surface area contributed by atoms with Crippen molar-refractivity contribution in [1.29, 1.82) is 0 Å². The van der Waals surface area contributed by atoms with Crippen molar-refractivity contribution in [3.63, 3.8) is 0 Å². The van der Waals surface area contributed by atoms with Crippen molar-refractivity contribution in [2.24, 2.45) is 5.92 Å². The second kappa shape index (κ2) is 10.6. The van der Waals surface area contributed by atoms with Crippen LogP contribution in [0.25, 0.3) is 10.4 Å². The molecule has 1 saturated carbocycles. The second-order valence-electron chi connectivity index (χ2n) is 9.08. The van der Waals surface area contributed by atoms with Crippen molar-refractivity contribution >= 4 is 23.3 Å². The van der Waals surface area contributed by atoms with Gasteiger partial charge in [-0.3, -0.25) is 4.79 Å². The topological polar surface area (TPSA) is 90.0 Å². The van der Waals surface area contributed by atoms with Crippen LogP contribution in [0.3, 0.4) is 0 Å². The van der Waals surface area contributed by atoms with Gasteiger partial charge >= 0.3 is 6.09 Å². The SMILES string of the molecule is Cc1ccc(-c2sc(C)nc2OC(=O)N(CCNC(=O)c2cccc3c2OCCO3)CC2CC2)cc1. The van der Waals surface area contributed by atoms with Crippen LogP contribution in [0.1, 0.15) is 33.8 Å². The highest BCUT2D eigenvalue weighted by Gasteiger charge is 2.29. The first-order chi connectivity index (χ1) is 17.5. The molecule has 1 aliphatic carbocycles. The Labute approximate surface area is 214 Å². The largest absolute Gasteiger partial charge is 0.486 e. The highest BCUT2D eigenvalue weighted by Crippen LogP contribution is 2.36. The summed E-state index contributed by atoms with van der Waals surface area (Å²) in [5.74, 6) is 1.54. The molecule has 2 heterocycles. The molecule has 2 aliphatic rings. The molecule has 0 atom stereocenters. The molecule has 9 heteroatoms. The number of hydrogen-bond acceptors (Lipinski definition) is 7. The number of carbonyl (C=O) groups is 2. The van der Waals surface area contributed by atoms with E-state index in [2.05, 4.69) is 10.3 Å². The van der Waals surface area contributed by atoms with Crippen LogP contribution in [0.15, 0.2) is 42.5 Å². The zero-order valence-corrected chi connectivity index (χ0v) is 21.2. The molecule has 0 radical (unpaired) electrons. The summed E-state index contributed by atoms with van der Waals surface area (Å²) in [5.41, 5.74) is 2.54. The van der Waals surface area contributed by atoms with Gasteiger partial charge in [0.25, 0.3) is 5.91 Å². The number of aryl methyl sites for hydroxylation is 2. The highest BCUT2D eigenvalue weighted by atomic mass is 32.1. The van der Waals surface area contributed by atoms with Gasteiger partial charge in [0.1, 0.15) is 13.2 Å². The summed E-state index contributed by atoms with van der Waals surface area (Å²) in [6.45, 7) is 6.00. The van der Waals surface area contributed by atoms with E-state index in [9.17, 15) is 9.59 Å². The summed E-state index contributed by atoms with van der Waals surface area (Å²) in [5, 5.41) is 3.73. The standard InChI is InChI=1S/C27H29N3O5S/c1-17-6-10-20(11-7-17)24-26(29-18(2)36-24)35-27(32)30(16-19-8-9-19)13-12-28-25(31)21-4-3-5-22-23(21)34-15-14-33-22/h3-7,10-11,19H,8-9,12-16H2,1-2H3,(H,28,31). The average molecular weight is 508 g/mol. The fraction of sp³-hybridized carbons (Fsp3) is 0.370. The number of thiazole rings is 1. The lowest BCUT2D eigenvalue weighted by Crippen LogP contribution is -2.41. The fourth-order valence-corrected chi connectivity index (χ4v) is 4.89. The minimum atomic E-state index is -0.455. The number of benzene rings is 2. The molecule has 2 aromatic carbocycles. The number of amides is 2. The Bertz CT molecular complexity index is 1250. The molecule has 188 valence electrons. The first-order valence-corrected chi connectivity index (χ1v) is 13.0. The van der Waals surface area contributed by atoms with Crippen molar-refractivity contribution in [3.05, 3.63) is 58.6 Å². The number of para-hydroxylation sites is 1. The summed E-state index contributed by atoms with van der Waals surface area (Å²) in [4.78, 5) is 33.0. The predicted octanol–water partition coefficient (Wildman–Crippen LogP) is 4.84. The average Bonchev–Trinajstić information content (AvgIpc) is 3.63. The van der Waals surface area contributed by atoms with Crippen molar-refractivity contribution < 1.29 is 23.8 Å².